The van der Waals surface area contributed by atoms with E-state index in [0.29, 0.717) is 54.5 Å². The normalized spacial score (nSPS) is 14.0. The molecule has 3 heterocycles. The Morgan fingerprint density at radius 1 is 1.06 bits per heavy atom. The van der Waals surface area contributed by atoms with Crippen molar-refractivity contribution in [1.29, 1.82) is 0 Å². The number of halogens is 3. The van der Waals surface area contributed by atoms with Gasteiger partial charge in [0.05, 0.1) is 28.3 Å². The molecular weight excluding hydrogens is 461 g/mol. The van der Waals surface area contributed by atoms with Crippen molar-refractivity contribution >= 4 is 5.69 Å². The first-order chi connectivity index (χ1) is 16.8. The number of nitro groups is 1. The minimum atomic E-state index is -4.39. The van der Waals surface area contributed by atoms with Gasteiger partial charge in [0.1, 0.15) is 11.5 Å². The predicted octanol–water partition coefficient (Wildman–Crippen LogP) is 5.89. The quantitative estimate of drug-likeness (QED) is 0.262. The third kappa shape index (κ3) is 4.78. The van der Waals surface area contributed by atoms with Gasteiger partial charge in [0, 0.05) is 42.9 Å². The van der Waals surface area contributed by atoms with Crippen LogP contribution in [0.3, 0.4) is 0 Å². The molecule has 7 nitrogen and oxygen atoms in total. The zero-order chi connectivity index (χ0) is 24.6. The molecule has 178 valence electrons. The number of nitro benzene ring substituents is 1. The Morgan fingerprint density at radius 3 is 2.57 bits per heavy atom. The van der Waals surface area contributed by atoms with E-state index < -0.39 is 16.7 Å². The summed E-state index contributed by atoms with van der Waals surface area (Å²) in [6.07, 6.45) is -2.02. The Labute approximate surface area is 198 Å². The first kappa shape index (κ1) is 22.7. The highest BCUT2D eigenvalue weighted by molar-refractivity contribution is 5.69. The van der Waals surface area contributed by atoms with Gasteiger partial charge in [0.2, 0.25) is 0 Å². The predicted molar refractivity (Wildman–Crippen MR) is 121 cm³/mol. The minimum Gasteiger partial charge on any atom is -0.459 e. The Bertz CT molecular complexity index is 1380. The van der Waals surface area contributed by atoms with Crippen LogP contribution in [0.2, 0.25) is 0 Å². The molecule has 0 bridgehead atoms. The maximum absolute atomic E-state index is 12.8. The smallest absolute Gasteiger partial charge is 0.416 e. The molecule has 35 heavy (non-hydrogen) atoms. The van der Waals surface area contributed by atoms with Gasteiger partial charge in [-0.15, -0.1) is 0 Å². The molecule has 10 heteroatoms. The molecule has 1 aliphatic rings. The van der Waals surface area contributed by atoms with Crippen molar-refractivity contribution in [1.82, 2.24) is 14.9 Å². The van der Waals surface area contributed by atoms with Crippen molar-refractivity contribution in [2.45, 2.75) is 25.7 Å². The van der Waals surface area contributed by atoms with E-state index in [4.69, 9.17) is 4.42 Å². The zero-order valence-corrected chi connectivity index (χ0v) is 18.3. The summed E-state index contributed by atoms with van der Waals surface area (Å²) < 4.78 is 44.3. The second-order valence-electron chi connectivity index (χ2n) is 8.24. The number of aromatic nitrogens is 2. The monoisotopic (exact) mass is 480 g/mol. The van der Waals surface area contributed by atoms with Crippen molar-refractivity contribution in [2.75, 3.05) is 6.54 Å². The summed E-state index contributed by atoms with van der Waals surface area (Å²) in [7, 11) is 0. The van der Waals surface area contributed by atoms with Gasteiger partial charge >= 0.3 is 6.18 Å². The lowest BCUT2D eigenvalue weighted by atomic mass is 10.1. The molecule has 0 fully saturated rings. The highest BCUT2D eigenvalue weighted by Gasteiger charge is 2.30. The highest BCUT2D eigenvalue weighted by atomic mass is 19.4. The average molecular weight is 480 g/mol. The molecule has 0 amide bonds. The molecule has 1 aliphatic heterocycles. The van der Waals surface area contributed by atoms with Crippen molar-refractivity contribution in [3.05, 3.63) is 99.6 Å². The molecule has 2 aromatic heterocycles. The van der Waals surface area contributed by atoms with E-state index in [2.05, 4.69) is 14.9 Å². The first-order valence-electron chi connectivity index (χ1n) is 10.9. The van der Waals surface area contributed by atoms with Crippen LogP contribution in [0.5, 0.6) is 0 Å². The van der Waals surface area contributed by atoms with Crippen LogP contribution >= 0.6 is 0 Å². The molecule has 0 atom stereocenters. The van der Waals surface area contributed by atoms with Gasteiger partial charge in [0.25, 0.3) is 5.69 Å². The highest BCUT2D eigenvalue weighted by Crippen LogP contribution is 2.32. The molecule has 4 aromatic rings. The molecular formula is C25H19F3N4O3. The van der Waals surface area contributed by atoms with Gasteiger partial charge in [0.15, 0.2) is 5.82 Å². The van der Waals surface area contributed by atoms with Crippen LogP contribution in [0.4, 0.5) is 18.9 Å². The van der Waals surface area contributed by atoms with Crippen LogP contribution in [0.15, 0.2) is 71.3 Å². The first-order valence-corrected chi connectivity index (χ1v) is 10.9. The van der Waals surface area contributed by atoms with E-state index in [-0.39, 0.29) is 5.69 Å². The van der Waals surface area contributed by atoms with E-state index in [9.17, 15) is 23.3 Å². The lowest BCUT2D eigenvalue weighted by molar-refractivity contribution is -0.384. The standard InChI is InChI=1S/C25H19F3N4O3/c26-25(27,28)18-7-5-16(6-8-18)24-29-13-17-14-31(12-11-21(17)30-24)15-19-9-10-23(35-19)20-3-1-2-4-22(20)32(33)34/h1-10,13H,11-12,14-15H2. The molecule has 0 unspecified atom stereocenters. The Hall–Kier alpha value is -4.05. The summed E-state index contributed by atoms with van der Waals surface area (Å²) in [4.78, 5) is 22.0. The van der Waals surface area contributed by atoms with Crippen LogP contribution in [0.25, 0.3) is 22.7 Å². The molecule has 2 aromatic carbocycles. The molecule has 0 radical (unpaired) electrons. The molecule has 5 rings (SSSR count). The number of fused-ring (bicyclic) bond motifs is 1. The number of nitrogens with zero attached hydrogens (tertiary/aromatic N) is 4. The molecule has 0 spiro atoms. The Balaban J connectivity index is 1.28. The van der Waals surface area contributed by atoms with E-state index in [1.54, 1.807) is 30.5 Å². The largest absolute Gasteiger partial charge is 0.459 e. The van der Waals surface area contributed by atoms with Gasteiger partial charge in [-0.05, 0) is 30.3 Å². The SMILES string of the molecule is O=[N+]([O-])c1ccccc1-c1ccc(CN2CCc3nc(-c4ccc(C(F)(F)F)cc4)ncc3C2)o1. The number of furan rings is 1. The zero-order valence-electron chi connectivity index (χ0n) is 18.3. The molecule has 0 N–H and O–H groups in total. The van der Waals surface area contributed by atoms with Crippen LogP contribution in [-0.2, 0) is 25.7 Å². The van der Waals surface area contributed by atoms with E-state index in [0.717, 1.165) is 23.4 Å². The number of alkyl halides is 3. The summed E-state index contributed by atoms with van der Waals surface area (Å²) in [5, 5.41) is 11.3. The van der Waals surface area contributed by atoms with Crippen molar-refractivity contribution < 1.29 is 22.5 Å². The van der Waals surface area contributed by atoms with E-state index in [1.165, 1.54) is 18.2 Å². The van der Waals surface area contributed by atoms with Crippen LogP contribution < -0.4 is 0 Å². The van der Waals surface area contributed by atoms with Crippen LogP contribution in [0.1, 0.15) is 22.6 Å². The summed E-state index contributed by atoms with van der Waals surface area (Å²) in [5.74, 6) is 1.52. The Kier molecular flexibility index (Phi) is 5.81. The van der Waals surface area contributed by atoms with Crippen molar-refractivity contribution in [3.63, 3.8) is 0 Å². The fourth-order valence-corrected chi connectivity index (χ4v) is 4.13. The van der Waals surface area contributed by atoms with E-state index in [1.807, 2.05) is 6.07 Å². The summed E-state index contributed by atoms with van der Waals surface area (Å²) in [5.41, 5.74) is 2.04. The van der Waals surface area contributed by atoms with Gasteiger partial charge in [-0.25, -0.2) is 9.97 Å². The third-order valence-electron chi connectivity index (χ3n) is 5.89. The average Bonchev–Trinajstić information content (AvgIpc) is 3.31. The summed E-state index contributed by atoms with van der Waals surface area (Å²) >= 11 is 0. The van der Waals surface area contributed by atoms with Crippen LogP contribution in [-0.4, -0.2) is 26.3 Å². The summed E-state index contributed by atoms with van der Waals surface area (Å²) in [6.45, 7) is 1.81. The fourth-order valence-electron chi connectivity index (χ4n) is 4.13. The second kappa shape index (κ2) is 8.95. The number of para-hydroxylation sites is 1. The summed E-state index contributed by atoms with van der Waals surface area (Å²) in [6, 6.07) is 14.8. The number of benzene rings is 2. The van der Waals surface area contributed by atoms with Gasteiger partial charge < -0.3 is 4.42 Å². The van der Waals surface area contributed by atoms with Crippen LogP contribution in [0, 0.1) is 10.1 Å². The van der Waals surface area contributed by atoms with Crippen molar-refractivity contribution in [2.24, 2.45) is 0 Å². The number of rotatable bonds is 5. The maximum atomic E-state index is 12.8. The number of hydrogen-bond donors (Lipinski definition) is 0. The van der Waals surface area contributed by atoms with E-state index >= 15 is 0 Å². The van der Waals surface area contributed by atoms with Gasteiger partial charge in [-0.2, -0.15) is 13.2 Å². The lowest BCUT2D eigenvalue weighted by Gasteiger charge is -2.27. The fraction of sp³-hybridized carbons (Fsp3) is 0.200. The topological polar surface area (TPSA) is 85.3 Å². The Morgan fingerprint density at radius 2 is 1.83 bits per heavy atom. The molecule has 0 aliphatic carbocycles. The third-order valence-corrected chi connectivity index (χ3v) is 5.89. The second-order valence-corrected chi connectivity index (χ2v) is 8.24. The van der Waals surface area contributed by atoms with Gasteiger partial charge in [-0.1, -0.05) is 24.3 Å². The number of hydrogen-bond acceptors (Lipinski definition) is 6. The minimum absolute atomic E-state index is 0.0127. The molecule has 0 saturated carbocycles. The van der Waals surface area contributed by atoms with Crippen molar-refractivity contribution in [3.8, 4) is 22.7 Å². The maximum Gasteiger partial charge on any atom is 0.416 e. The molecule has 0 saturated heterocycles. The van der Waals surface area contributed by atoms with Gasteiger partial charge in [-0.3, -0.25) is 15.0 Å². The lowest BCUT2D eigenvalue weighted by Crippen LogP contribution is -2.30.